The van der Waals surface area contributed by atoms with Crippen molar-refractivity contribution >= 4 is 33.8 Å². The molecule has 2 aromatic heterocycles. The molecule has 0 spiro atoms. The van der Waals surface area contributed by atoms with Crippen LogP contribution in [0.1, 0.15) is 12.5 Å². The zero-order chi connectivity index (χ0) is 16.5. The fourth-order valence-corrected chi connectivity index (χ4v) is 3.11. The summed E-state index contributed by atoms with van der Waals surface area (Å²) in [6.07, 6.45) is 2.21. The molecule has 0 bridgehead atoms. The van der Waals surface area contributed by atoms with E-state index in [1.807, 2.05) is 66.2 Å². The van der Waals surface area contributed by atoms with Crippen molar-refractivity contribution in [3.63, 3.8) is 0 Å². The number of nitrogens with zero attached hydrogens (tertiary/aromatic N) is 2. The summed E-state index contributed by atoms with van der Waals surface area (Å²) in [6.45, 7) is 2.80. The number of amides is 1. The van der Waals surface area contributed by atoms with Crippen molar-refractivity contribution in [3.05, 3.63) is 60.3 Å². The van der Waals surface area contributed by atoms with Crippen LogP contribution in [0.2, 0.25) is 0 Å². The Balaban J connectivity index is 1.60. The predicted octanol–water partition coefficient (Wildman–Crippen LogP) is 3.72. The second kappa shape index (κ2) is 5.85. The fraction of sp³-hybridized carbons (Fsp3) is 0.158. The molecule has 0 saturated carbocycles. The van der Waals surface area contributed by atoms with Crippen LogP contribution >= 0.6 is 0 Å². The van der Waals surface area contributed by atoms with E-state index in [2.05, 4.69) is 15.3 Å². The van der Waals surface area contributed by atoms with Crippen LogP contribution in [0, 0.1) is 0 Å². The SMILES string of the molecule is CCn1c(NC(=O)Cc2c[nH]c3ccccc23)nc2ccccc21. The molecule has 5 nitrogen and oxygen atoms in total. The number of anilines is 1. The molecule has 2 N–H and O–H groups in total. The number of fused-ring (bicyclic) bond motifs is 2. The third-order valence-corrected chi connectivity index (χ3v) is 4.25. The van der Waals surface area contributed by atoms with Crippen LogP contribution in [0.25, 0.3) is 21.9 Å². The Morgan fingerprint density at radius 3 is 2.83 bits per heavy atom. The van der Waals surface area contributed by atoms with Gasteiger partial charge in [0, 0.05) is 23.6 Å². The van der Waals surface area contributed by atoms with E-state index in [-0.39, 0.29) is 5.91 Å². The van der Waals surface area contributed by atoms with Crippen molar-refractivity contribution in [3.8, 4) is 0 Å². The normalized spacial score (nSPS) is 11.2. The summed E-state index contributed by atoms with van der Waals surface area (Å²) in [5, 5.41) is 4.03. The Morgan fingerprint density at radius 1 is 1.17 bits per heavy atom. The van der Waals surface area contributed by atoms with E-state index in [0.717, 1.165) is 34.0 Å². The van der Waals surface area contributed by atoms with Gasteiger partial charge in [0.05, 0.1) is 17.5 Å². The van der Waals surface area contributed by atoms with Crippen LogP contribution in [0.4, 0.5) is 5.95 Å². The highest BCUT2D eigenvalue weighted by atomic mass is 16.1. The van der Waals surface area contributed by atoms with Crippen molar-refractivity contribution < 1.29 is 4.79 Å². The van der Waals surface area contributed by atoms with Crippen LogP contribution < -0.4 is 5.32 Å². The van der Waals surface area contributed by atoms with E-state index in [9.17, 15) is 4.79 Å². The molecular weight excluding hydrogens is 300 g/mol. The van der Waals surface area contributed by atoms with E-state index in [4.69, 9.17) is 0 Å². The number of rotatable bonds is 4. The highest BCUT2D eigenvalue weighted by molar-refractivity contribution is 5.96. The summed E-state index contributed by atoms with van der Waals surface area (Å²) >= 11 is 0. The maximum Gasteiger partial charge on any atom is 0.231 e. The van der Waals surface area contributed by atoms with Crippen molar-refractivity contribution in [1.29, 1.82) is 0 Å². The van der Waals surface area contributed by atoms with Gasteiger partial charge in [0.1, 0.15) is 0 Å². The number of carbonyl (C=O) groups is 1. The molecule has 0 radical (unpaired) electrons. The lowest BCUT2D eigenvalue weighted by atomic mass is 10.1. The molecule has 120 valence electrons. The van der Waals surface area contributed by atoms with Gasteiger partial charge in [0.25, 0.3) is 0 Å². The smallest absolute Gasteiger partial charge is 0.231 e. The number of aromatic amines is 1. The van der Waals surface area contributed by atoms with Gasteiger partial charge in [-0.3, -0.25) is 10.1 Å². The Bertz CT molecular complexity index is 1030. The number of aromatic nitrogens is 3. The molecule has 0 aliphatic carbocycles. The van der Waals surface area contributed by atoms with Crippen molar-refractivity contribution in [1.82, 2.24) is 14.5 Å². The van der Waals surface area contributed by atoms with Crippen molar-refractivity contribution in [2.24, 2.45) is 0 Å². The molecule has 0 aliphatic rings. The lowest BCUT2D eigenvalue weighted by Gasteiger charge is -2.07. The third kappa shape index (κ3) is 2.44. The summed E-state index contributed by atoms with van der Waals surface area (Å²) in [5.74, 6) is 0.535. The standard InChI is InChI=1S/C19H18N4O/c1-2-23-17-10-6-5-9-16(17)21-19(23)22-18(24)11-13-12-20-15-8-4-3-7-14(13)15/h3-10,12,20H,2,11H2,1H3,(H,21,22,24). The van der Waals surface area contributed by atoms with Gasteiger partial charge < -0.3 is 9.55 Å². The van der Waals surface area contributed by atoms with Gasteiger partial charge in [-0.25, -0.2) is 4.98 Å². The molecule has 1 amide bonds. The van der Waals surface area contributed by atoms with E-state index >= 15 is 0 Å². The van der Waals surface area contributed by atoms with Crippen LogP contribution in [0.15, 0.2) is 54.7 Å². The average molecular weight is 318 g/mol. The lowest BCUT2D eigenvalue weighted by molar-refractivity contribution is -0.115. The van der Waals surface area contributed by atoms with Gasteiger partial charge >= 0.3 is 0 Å². The molecule has 4 rings (SSSR count). The minimum Gasteiger partial charge on any atom is -0.361 e. The molecule has 24 heavy (non-hydrogen) atoms. The second-order valence-corrected chi connectivity index (χ2v) is 5.75. The molecule has 0 fully saturated rings. The molecule has 0 unspecified atom stereocenters. The summed E-state index contributed by atoms with van der Waals surface area (Å²) in [6, 6.07) is 15.9. The topological polar surface area (TPSA) is 62.7 Å². The molecule has 4 aromatic rings. The largest absolute Gasteiger partial charge is 0.361 e. The van der Waals surface area contributed by atoms with Gasteiger partial charge in [-0.15, -0.1) is 0 Å². The van der Waals surface area contributed by atoms with Crippen molar-refractivity contribution in [2.45, 2.75) is 19.9 Å². The van der Waals surface area contributed by atoms with Crippen LogP contribution in [0.3, 0.4) is 0 Å². The summed E-state index contributed by atoms with van der Waals surface area (Å²) in [5.41, 5.74) is 3.95. The minimum atomic E-state index is -0.0650. The van der Waals surface area contributed by atoms with Gasteiger partial charge in [-0.05, 0) is 30.7 Å². The zero-order valence-electron chi connectivity index (χ0n) is 13.4. The van der Waals surface area contributed by atoms with E-state index in [1.54, 1.807) is 0 Å². The van der Waals surface area contributed by atoms with Gasteiger partial charge in [0.2, 0.25) is 11.9 Å². The summed E-state index contributed by atoms with van der Waals surface area (Å²) < 4.78 is 2.02. The first-order valence-electron chi connectivity index (χ1n) is 8.06. The second-order valence-electron chi connectivity index (χ2n) is 5.75. The number of H-pyrrole nitrogens is 1. The Labute approximate surface area is 139 Å². The quantitative estimate of drug-likeness (QED) is 0.602. The number of benzene rings is 2. The first-order valence-corrected chi connectivity index (χ1v) is 8.06. The average Bonchev–Trinajstić information content (AvgIpc) is 3.16. The number of para-hydroxylation sites is 3. The maximum absolute atomic E-state index is 12.5. The van der Waals surface area contributed by atoms with Crippen molar-refractivity contribution in [2.75, 3.05) is 5.32 Å². The Kier molecular flexibility index (Phi) is 3.54. The van der Waals surface area contributed by atoms with Gasteiger partial charge in [-0.1, -0.05) is 30.3 Å². The van der Waals surface area contributed by atoms with Crippen LogP contribution in [-0.4, -0.2) is 20.4 Å². The molecule has 2 aromatic carbocycles. The van der Waals surface area contributed by atoms with E-state index < -0.39 is 0 Å². The number of hydrogen-bond acceptors (Lipinski definition) is 2. The zero-order valence-corrected chi connectivity index (χ0v) is 13.4. The molecule has 0 saturated heterocycles. The first-order chi connectivity index (χ1) is 11.8. The predicted molar refractivity (Wildman–Crippen MR) is 96.0 cm³/mol. The molecule has 0 aliphatic heterocycles. The number of imidazole rings is 1. The highest BCUT2D eigenvalue weighted by Crippen LogP contribution is 2.21. The number of nitrogens with one attached hydrogen (secondary N) is 2. The Morgan fingerprint density at radius 2 is 1.96 bits per heavy atom. The highest BCUT2D eigenvalue weighted by Gasteiger charge is 2.13. The lowest BCUT2D eigenvalue weighted by Crippen LogP contribution is -2.17. The monoisotopic (exact) mass is 318 g/mol. The fourth-order valence-electron chi connectivity index (χ4n) is 3.11. The number of aryl methyl sites for hydroxylation is 1. The van der Waals surface area contributed by atoms with E-state index in [0.29, 0.717) is 12.4 Å². The molecule has 2 heterocycles. The van der Waals surface area contributed by atoms with Crippen LogP contribution in [0.5, 0.6) is 0 Å². The third-order valence-electron chi connectivity index (χ3n) is 4.25. The number of carbonyl (C=O) groups excluding carboxylic acids is 1. The van der Waals surface area contributed by atoms with Gasteiger partial charge in [0.15, 0.2) is 0 Å². The minimum absolute atomic E-state index is 0.0650. The Hall–Kier alpha value is -3.08. The summed E-state index contributed by atoms with van der Waals surface area (Å²) in [7, 11) is 0. The first kappa shape index (κ1) is 14.5. The van der Waals surface area contributed by atoms with Crippen LogP contribution in [-0.2, 0) is 17.8 Å². The molecular formula is C19H18N4O. The molecule has 5 heteroatoms. The molecule has 0 atom stereocenters. The van der Waals surface area contributed by atoms with E-state index in [1.165, 1.54) is 0 Å². The van der Waals surface area contributed by atoms with Gasteiger partial charge in [-0.2, -0.15) is 0 Å². The summed E-state index contributed by atoms with van der Waals surface area (Å²) in [4.78, 5) is 20.2. The number of hydrogen-bond donors (Lipinski definition) is 2. The maximum atomic E-state index is 12.5.